The van der Waals surface area contributed by atoms with Crippen molar-refractivity contribution in [3.8, 4) is 0 Å². The number of fused-ring (bicyclic) bond motifs is 3. The number of amides is 3. The highest BCUT2D eigenvalue weighted by atomic mass is 32.2. The number of rotatable bonds is 11. The number of halogens is 1. The van der Waals surface area contributed by atoms with Gasteiger partial charge in [0.25, 0.3) is 5.91 Å². The van der Waals surface area contributed by atoms with Gasteiger partial charge in [-0.3, -0.25) is 19.4 Å². The molecule has 0 fully saturated rings. The van der Waals surface area contributed by atoms with Crippen molar-refractivity contribution < 1.29 is 23.5 Å². The number of nitrogens with one attached hydrogen (secondary N) is 2. The SMILES string of the molecule is CC[C@@H](SC1=Nc2ccccc2C2=N[C@H](CC(=O)NCc3ccc(F)cc3)C(=O)N12)C(=O)NCCCOC. The van der Waals surface area contributed by atoms with Crippen molar-refractivity contribution >= 4 is 46.2 Å². The number of benzene rings is 2. The Morgan fingerprint density at radius 3 is 2.66 bits per heavy atom. The Bertz CT molecular complexity index is 1250. The second kappa shape index (κ2) is 12.8. The van der Waals surface area contributed by atoms with Crippen molar-refractivity contribution in [2.24, 2.45) is 9.98 Å². The lowest BCUT2D eigenvalue weighted by Crippen LogP contribution is -2.44. The van der Waals surface area contributed by atoms with Gasteiger partial charge in [-0.15, -0.1) is 0 Å². The molecule has 3 amide bonds. The lowest BCUT2D eigenvalue weighted by atomic mass is 10.1. The average Bonchev–Trinajstić information content (AvgIpc) is 3.25. The van der Waals surface area contributed by atoms with E-state index in [1.165, 1.54) is 28.8 Å². The van der Waals surface area contributed by atoms with E-state index < -0.39 is 11.3 Å². The van der Waals surface area contributed by atoms with Crippen LogP contribution in [-0.4, -0.2) is 65.2 Å². The maximum absolute atomic E-state index is 13.5. The minimum absolute atomic E-state index is 0.142. The predicted octanol–water partition coefficient (Wildman–Crippen LogP) is 3.16. The summed E-state index contributed by atoms with van der Waals surface area (Å²) in [6, 6.07) is 12.2. The molecule has 2 aromatic carbocycles. The van der Waals surface area contributed by atoms with E-state index in [0.717, 1.165) is 5.56 Å². The molecule has 2 aliphatic rings. The van der Waals surface area contributed by atoms with Crippen molar-refractivity contribution in [1.29, 1.82) is 0 Å². The summed E-state index contributed by atoms with van der Waals surface area (Å²) in [5.74, 6) is -0.786. The van der Waals surface area contributed by atoms with Crippen molar-refractivity contribution in [1.82, 2.24) is 15.5 Å². The molecule has 0 unspecified atom stereocenters. The first-order valence-corrected chi connectivity index (χ1v) is 13.3. The van der Waals surface area contributed by atoms with E-state index in [1.54, 1.807) is 19.2 Å². The van der Waals surface area contributed by atoms with Crippen LogP contribution in [0.2, 0.25) is 0 Å². The third-order valence-corrected chi connectivity index (χ3v) is 7.38. The summed E-state index contributed by atoms with van der Waals surface area (Å²) in [5.41, 5.74) is 2.08. The number of ether oxygens (including phenoxy) is 1. The van der Waals surface area contributed by atoms with Gasteiger partial charge >= 0.3 is 0 Å². The van der Waals surface area contributed by atoms with E-state index in [2.05, 4.69) is 20.6 Å². The Morgan fingerprint density at radius 1 is 1.16 bits per heavy atom. The number of thioether (sulfide) groups is 1. The summed E-state index contributed by atoms with van der Waals surface area (Å²) in [5, 5.41) is 5.57. The van der Waals surface area contributed by atoms with Gasteiger partial charge in [0.15, 0.2) is 5.17 Å². The monoisotopic (exact) mass is 539 g/mol. The van der Waals surface area contributed by atoms with Crippen LogP contribution in [0, 0.1) is 5.82 Å². The number of aliphatic imine (C=N–C) groups is 2. The highest BCUT2D eigenvalue weighted by Gasteiger charge is 2.43. The quantitative estimate of drug-likeness (QED) is 0.426. The van der Waals surface area contributed by atoms with Crippen molar-refractivity contribution in [2.75, 3.05) is 20.3 Å². The third-order valence-electron chi connectivity index (χ3n) is 6.06. The molecule has 4 rings (SSSR count). The van der Waals surface area contributed by atoms with E-state index in [0.29, 0.717) is 48.2 Å². The molecule has 2 heterocycles. The first-order valence-electron chi connectivity index (χ1n) is 12.5. The lowest BCUT2D eigenvalue weighted by molar-refractivity contribution is -0.128. The zero-order valence-electron chi connectivity index (χ0n) is 21.3. The molecule has 0 radical (unpaired) electrons. The van der Waals surface area contributed by atoms with Gasteiger partial charge in [0.2, 0.25) is 11.8 Å². The molecule has 2 aliphatic heterocycles. The summed E-state index contributed by atoms with van der Waals surface area (Å²) >= 11 is 1.21. The highest BCUT2D eigenvalue weighted by molar-refractivity contribution is 8.15. The fourth-order valence-electron chi connectivity index (χ4n) is 4.06. The molecule has 2 N–H and O–H groups in total. The minimum atomic E-state index is -0.918. The largest absolute Gasteiger partial charge is 0.385 e. The maximum Gasteiger partial charge on any atom is 0.259 e. The van der Waals surface area contributed by atoms with E-state index in [1.807, 2.05) is 31.2 Å². The minimum Gasteiger partial charge on any atom is -0.385 e. The molecule has 0 saturated carbocycles. The second-order valence-corrected chi connectivity index (χ2v) is 9.98. The average molecular weight is 540 g/mol. The van der Waals surface area contributed by atoms with Crippen LogP contribution < -0.4 is 10.6 Å². The molecule has 0 bridgehead atoms. The molecule has 0 saturated heterocycles. The number of hydrogen-bond acceptors (Lipinski definition) is 7. The number of hydrogen-bond donors (Lipinski definition) is 2. The fraction of sp³-hybridized carbons (Fsp3) is 0.370. The summed E-state index contributed by atoms with van der Waals surface area (Å²) in [6.45, 7) is 3.15. The van der Waals surface area contributed by atoms with Gasteiger partial charge < -0.3 is 15.4 Å². The Labute approximate surface area is 224 Å². The lowest BCUT2D eigenvalue weighted by Gasteiger charge is -2.27. The fourth-order valence-corrected chi connectivity index (χ4v) is 5.10. The van der Waals surface area contributed by atoms with E-state index in [4.69, 9.17) is 4.74 Å². The summed E-state index contributed by atoms with van der Waals surface area (Å²) in [7, 11) is 1.61. The van der Waals surface area contributed by atoms with Gasteiger partial charge in [-0.1, -0.05) is 43.0 Å². The number of carbonyl (C=O) groups is 3. The van der Waals surface area contributed by atoms with Gasteiger partial charge in [0.05, 0.1) is 17.4 Å². The Hall–Kier alpha value is -3.57. The number of nitrogens with zero attached hydrogens (tertiary/aromatic N) is 3. The van der Waals surface area contributed by atoms with Gasteiger partial charge in [-0.25, -0.2) is 14.3 Å². The second-order valence-electron chi connectivity index (χ2n) is 8.81. The normalized spacial score (nSPS) is 16.8. The molecule has 2 aromatic rings. The van der Waals surface area contributed by atoms with Crippen LogP contribution in [0.15, 0.2) is 58.5 Å². The Balaban J connectivity index is 1.47. The summed E-state index contributed by atoms with van der Waals surface area (Å²) < 4.78 is 18.2. The zero-order valence-corrected chi connectivity index (χ0v) is 22.1. The summed E-state index contributed by atoms with van der Waals surface area (Å²) in [4.78, 5) is 49.7. The van der Waals surface area contributed by atoms with Gasteiger partial charge in [-0.2, -0.15) is 0 Å². The molecule has 9 nitrogen and oxygen atoms in total. The van der Waals surface area contributed by atoms with Crippen LogP contribution in [0.25, 0.3) is 0 Å². The molecular weight excluding hydrogens is 509 g/mol. The molecule has 11 heteroatoms. The van der Waals surface area contributed by atoms with E-state index in [-0.39, 0.29) is 36.5 Å². The van der Waals surface area contributed by atoms with Crippen LogP contribution in [0.1, 0.15) is 37.3 Å². The van der Waals surface area contributed by atoms with Crippen LogP contribution in [0.3, 0.4) is 0 Å². The van der Waals surface area contributed by atoms with Gasteiger partial charge in [-0.05, 0) is 42.7 Å². The molecule has 0 aliphatic carbocycles. The standard InChI is InChI=1S/C27H30FN5O4S/c1-3-22(25(35)29-13-6-14-37-2)38-27-32-20-8-5-4-7-19(20)24-31-21(26(36)33(24)27)15-23(34)30-16-17-9-11-18(28)12-10-17/h4-5,7-12,21-22H,3,6,13-16H2,1-2H3,(H,29,35)(H,30,34)/t21-,22-/m1/s1. The van der Waals surface area contributed by atoms with Crippen LogP contribution in [-0.2, 0) is 25.7 Å². The number of methoxy groups -OCH3 is 1. The predicted molar refractivity (Wildman–Crippen MR) is 145 cm³/mol. The van der Waals surface area contributed by atoms with Gasteiger partial charge in [0.1, 0.15) is 17.7 Å². The smallest absolute Gasteiger partial charge is 0.259 e. The number of carbonyl (C=O) groups excluding carboxylic acids is 3. The number of para-hydroxylation sites is 1. The number of amidine groups is 2. The van der Waals surface area contributed by atoms with Crippen LogP contribution in [0.5, 0.6) is 0 Å². The van der Waals surface area contributed by atoms with Crippen LogP contribution >= 0.6 is 11.8 Å². The third kappa shape index (κ3) is 6.46. The summed E-state index contributed by atoms with van der Waals surface area (Å²) in [6.07, 6.45) is 1.09. The Morgan fingerprint density at radius 2 is 1.92 bits per heavy atom. The highest BCUT2D eigenvalue weighted by Crippen LogP contribution is 2.35. The van der Waals surface area contributed by atoms with E-state index >= 15 is 0 Å². The first kappa shape index (κ1) is 27.5. The van der Waals surface area contributed by atoms with Crippen molar-refractivity contribution in [3.63, 3.8) is 0 Å². The van der Waals surface area contributed by atoms with Gasteiger partial charge in [0, 0.05) is 32.4 Å². The van der Waals surface area contributed by atoms with Crippen LogP contribution in [0.4, 0.5) is 10.1 Å². The molecule has 38 heavy (non-hydrogen) atoms. The zero-order chi connectivity index (χ0) is 27.1. The molecule has 0 aromatic heterocycles. The molecule has 0 spiro atoms. The van der Waals surface area contributed by atoms with Crippen molar-refractivity contribution in [3.05, 3.63) is 65.5 Å². The molecule has 2 atom stereocenters. The first-order chi connectivity index (χ1) is 18.4. The van der Waals surface area contributed by atoms with Crippen molar-refractivity contribution in [2.45, 2.75) is 44.0 Å². The molecular formula is C27H30FN5O4S. The molecule has 200 valence electrons. The Kier molecular flexibility index (Phi) is 9.24. The maximum atomic E-state index is 13.5. The van der Waals surface area contributed by atoms with E-state index in [9.17, 15) is 18.8 Å². The topological polar surface area (TPSA) is 112 Å².